The molecule has 0 bridgehead atoms. The van der Waals surface area contributed by atoms with Crippen molar-refractivity contribution in [3.63, 3.8) is 0 Å². The normalized spacial score (nSPS) is 27.9. The summed E-state index contributed by atoms with van der Waals surface area (Å²) in [6.07, 6.45) is -2.49. The number of carbonyl (C=O) groups is 1. The highest BCUT2D eigenvalue weighted by Crippen LogP contribution is 2.46. The number of carbonyl (C=O) groups excluding carboxylic acids is 1. The van der Waals surface area contributed by atoms with E-state index in [0.29, 0.717) is 0 Å². The molecule has 0 amide bonds. The Morgan fingerprint density at radius 2 is 1.82 bits per heavy atom. The van der Waals surface area contributed by atoms with Crippen LogP contribution in [0.4, 0.5) is 22.0 Å². The number of hydrogen-bond acceptors (Lipinski definition) is 2. The Hall–Kier alpha value is -1.14. The summed E-state index contributed by atoms with van der Waals surface area (Å²) in [7, 11) is 0. The zero-order valence-electron chi connectivity index (χ0n) is 9.36. The molecule has 17 heavy (non-hydrogen) atoms. The molecule has 2 nitrogen and oxygen atoms in total. The first-order chi connectivity index (χ1) is 7.52. The average molecular weight is 258 g/mol. The standard InChI is InChI=1S/C10H11F5O2/c1-4(2)6(11)10(14,15)7-5(3)9(12,13)8(16)17-7/h5,7H,1-3H3/t5-,7+/m0/s1. The molecular formula is C10H11F5O2. The summed E-state index contributed by atoms with van der Waals surface area (Å²) in [4.78, 5) is 10.7. The van der Waals surface area contributed by atoms with Gasteiger partial charge in [0, 0.05) is 0 Å². The van der Waals surface area contributed by atoms with Crippen LogP contribution in [-0.2, 0) is 9.53 Å². The van der Waals surface area contributed by atoms with Gasteiger partial charge in [-0.15, -0.1) is 0 Å². The van der Waals surface area contributed by atoms with Gasteiger partial charge in [-0.05, 0) is 19.4 Å². The van der Waals surface area contributed by atoms with Crippen molar-refractivity contribution in [1.29, 1.82) is 0 Å². The third-order valence-electron chi connectivity index (χ3n) is 2.62. The van der Waals surface area contributed by atoms with Crippen molar-refractivity contribution in [2.75, 3.05) is 0 Å². The summed E-state index contributed by atoms with van der Waals surface area (Å²) in [5.74, 6) is -14.2. The topological polar surface area (TPSA) is 26.3 Å². The maximum absolute atomic E-state index is 13.5. The quantitative estimate of drug-likeness (QED) is 0.562. The zero-order valence-corrected chi connectivity index (χ0v) is 9.36. The van der Waals surface area contributed by atoms with Gasteiger partial charge < -0.3 is 4.74 Å². The molecule has 0 aromatic rings. The van der Waals surface area contributed by atoms with Crippen molar-refractivity contribution >= 4 is 5.97 Å². The average Bonchev–Trinajstić information content (AvgIpc) is 2.41. The van der Waals surface area contributed by atoms with Crippen molar-refractivity contribution in [3.05, 3.63) is 11.4 Å². The largest absolute Gasteiger partial charge is 0.450 e. The van der Waals surface area contributed by atoms with Gasteiger partial charge in [-0.25, -0.2) is 9.18 Å². The van der Waals surface area contributed by atoms with Gasteiger partial charge in [-0.1, -0.05) is 6.92 Å². The van der Waals surface area contributed by atoms with E-state index < -0.39 is 35.7 Å². The first-order valence-corrected chi connectivity index (χ1v) is 4.83. The Morgan fingerprint density at radius 3 is 2.12 bits per heavy atom. The van der Waals surface area contributed by atoms with Crippen molar-refractivity contribution in [2.45, 2.75) is 38.7 Å². The highest BCUT2D eigenvalue weighted by atomic mass is 19.3. The molecule has 1 rings (SSSR count). The third-order valence-corrected chi connectivity index (χ3v) is 2.62. The number of allylic oxidation sites excluding steroid dienone is 1. The van der Waals surface area contributed by atoms with E-state index in [1.807, 2.05) is 0 Å². The minimum atomic E-state index is -4.24. The summed E-state index contributed by atoms with van der Waals surface area (Å²) < 4.78 is 70.2. The van der Waals surface area contributed by atoms with Gasteiger partial charge in [-0.2, -0.15) is 17.6 Å². The van der Waals surface area contributed by atoms with E-state index in [2.05, 4.69) is 4.74 Å². The van der Waals surface area contributed by atoms with Crippen molar-refractivity contribution in [1.82, 2.24) is 0 Å². The predicted octanol–water partition coefficient (Wildman–Crippen LogP) is 3.08. The van der Waals surface area contributed by atoms with Crippen LogP contribution in [0.2, 0.25) is 0 Å². The Balaban J connectivity index is 3.12. The second-order valence-corrected chi connectivity index (χ2v) is 4.17. The van der Waals surface area contributed by atoms with E-state index in [0.717, 1.165) is 20.8 Å². The molecule has 2 atom stereocenters. The van der Waals surface area contributed by atoms with Crippen LogP contribution >= 0.6 is 0 Å². The van der Waals surface area contributed by atoms with Gasteiger partial charge in [0.05, 0.1) is 5.92 Å². The Kier molecular flexibility index (Phi) is 3.24. The van der Waals surface area contributed by atoms with E-state index in [-0.39, 0.29) is 5.57 Å². The third kappa shape index (κ3) is 2.02. The summed E-state index contributed by atoms with van der Waals surface area (Å²) in [5, 5.41) is 0. The zero-order chi connectivity index (χ0) is 13.6. The van der Waals surface area contributed by atoms with Crippen molar-refractivity contribution in [3.8, 4) is 0 Å². The molecule has 7 heteroatoms. The van der Waals surface area contributed by atoms with Crippen LogP contribution in [0.15, 0.2) is 11.4 Å². The molecule has 98 valence electrons. The number of alkyl halides is 4. The maximum atomic E-state index is 13.5. The van der Waals surface area contributed by atoms with E-state index >= 15 is 0 Å². The molecule has 0 unspecified atom stereocenters. The summed E-state index contributed by atoms with van der Waals surface area (Å²) in [5.41, 5.74) is -0.353. The smallest absolute Gasteiger partial charge is 0.377 e. The Labute approximate surface area is 94.4 Å². The van der Waals surface area contributed by atoms with E-state index in [1.54, 1.807) is 0 Å². The molecule has 1 aliphatic rings. The second kappa shape index (κ2) is 3.96. The first-order valence-electron chi connectivity index (χ1n) is 4.83. The van der Waals surface area contributed by atoms with Crippen LogP contribution in [0.1, 0.15) is 20.8 Å². The van der Waals surface area contributed by atoms with Gasteiger partial charge in [0.2, 0.25) is 0 Å². The van der Waals surface area contributed by atoms with Crippen molar-refractivity contribution in [2.24, 2.45) is 5.92 Å². The first kappa shape index (κ1) is 13.9. The summed E-state index contributed by atoms with van der Waals surface area (Å²) >= 11 is 0. The monoisotopic (exact) mass is 258 g/mol. The molecule has 0 radical (unpaired) electrons. The summed E-state index contributed by atoms with van der Waals surface area (Å²) in [6.45, 7) is 2.87. The highest BCUT2D eigenvalue weighted by Gasteiger charge is 2.66. The highest BCUT2D eigenvalue weighted by molar-refractivity contribution is 5.80. The molecular weight excluding hydrogens is 247 g/mol. The molecule has 0 spiro atoms. The van der Waals surface area contributed by atoms with Crippen LogP contribution in [-0.4, -0.2) is 23.9 Å². The molecule has 0 aliphatic carbocycles. The SMILES string of the molecule is CC(C)=C(F)C(F)(F)[C@@H]1OC(=O)C(F)(F)[C@H]1C. The van der Waals surface area contributed by atoms with Crippen molar-refractivity contribution < 1.29 is 31.5 Å². The fourth-order valence-corrected chi connectivity index (χ4v) is 1.52. The number of hydrogen-bond donors (Lipinski definition) is 0. The van der Waals surface area contributed by atoms with E-state index in [4.69, 9.17) is 0 Å². The molecule has 0 aromatic heterocycles. The van der Waals surface area contributed by atoms with Crippen LogP contribution in [0, 0.1) is 5.92 Å². The lowest BCUT2D eigenvalue weighted by molar-refractivity contribution is -0.166. The molecule has 0 saturated carbocycles. The molecule has 1 fully saturated rings. The lowest BCUT2D eigenvalue weighted by Crippen LogP contribution is -2.41. The second-order valence-electron chi connectivity index (χ2n) is 4.17. The van der Waals surface area contributed by atoms with E-state index in [1.165, 1.54) is 0 Å². The summed E-state index contributed by atoms with van der Waals surface area (Å²) in [6, 6.07) is 0. The van der Waals surface area contributed by atoms with Gasteiger partial charge in [0.1, 0.15) is 0 Å². The van der Waals surface area contributed by atoms with E-state index in [9.17, 15) is 26.7 Å². The minimum Gasteiger partial charge on any atom is -0.450 e. The number of esters is 1. The molecule has 1 saturated heterocycles. The van der Waals surface area contributed by atoms with Crippen LogP contribution in [0.3, 0.4) is 0 Å². The van der Waals surface area contributed by atoms with Gasteiger partial charge in [0.15, 0.2) is 11.9 Å². The minimum absolute atomic E-state index is 0.353. The fraction of sp³-hybridized carbons (Fsp3) is 0.700. The molecule has 0 aromatic carbocycles. The van der Waals surface area contributed by atoms with Crippen LogP contribution < -0.4 is 0 Å². The molecule has 0 N–H and O–H groups in total. The number of cyclic esters (lactones) is 1. The van der Waals surface area contributed by atoms with Gasteiger partial charge >= 0.3 is 17.8 Å². The van der Waals surface area contributed by atoms with Gasteiger partial charge in [-0.3, -0.25) is 0 Å². The number of ether oxygens (including phenoxy) is 1. The molecule has 1 heterocycles. The fourth-order valence-electron chi connectivity index (χ4n) is 1.52. The number of halogens is 5. The lowest BCUT2D eigenvalue weighted by Gasteiger charge is -2.24. The predicted molar refractivity (Wildman–Crippen MR) is 48.4 cm³/mol. The Bertz CT molecular complexity index is 371. The van der Waals surface area contributed by atoms with Crippen LogP contribution in [0.5, 0.6) is 0 Å². The number of rotatable bonds is 2. The van der Waals surface area contributed by atoms with Gasteiger partial charge in [0.25, 0.3) is 0 Å². The van der Waals surface area contributed by atoms with Crippen LogP contribution in [0.25, 0.3) is 0 Å². The lowest BCUT2D eigenvalue weighted by atomic mass is 9.94. The maximum Gasteiger partial charge on any atom is 0.377 e. The Morgan fingerprint density at radius 1 is 1.35 bits per heavy atom. The molecule has 1 aliphatic heterocycles.